The van der Waals surface area contributed by atoms with Crippen molar-refractivity contribution in [3.63, 3.8) is 0 Å². The van der Waals surface area contributed by atoms with Crippen LogP contribution in [0.5, 0.6) is 0 Å². The van der Waals surface area contributed by atoms with Crippen molar-refractivity contribution >= 4 is 29.3 Å². The van der Waals surface area contributed by atoms with Gasteiger partial charge in [-0.25, -0.2) is 4.79 Å². The van der Waals surface area contributed by atoms with Crippen LogP contribution in [-0.2, 0) is 20.7 Å². The van der Waals surface area contributed by atoms with Gasteiger partial charge in [0.2, 0.25) is 17.6 Å². The Labute approximate surface area is 274 Å². The number of benzene rings is 3. The van der Waals surface area contributed by atoms with Gasteiger partial charge in [0.1, 0.15) is 11.6 Å². The number of tetrazole rings is 1. The first-order chi connectivity index (χ1) is 22.5. The molecule has 0 bridgehead atoms. The Hall–Kier alpha value is -5.26. The number of carbonyl (C=O) groups is 3. The number of hydrogen-bond acceptors (Lipinski definition) is 8. The summed E-state index contributed by atoms with van der Waals surface area (Å²) in [7, 11) is 0. The minimum absolute atomic E-state index is 0.148. The number of nitrogens with one attached hydrogen (secondary N) is 4. The van der Waals surface area contributed by atoms with Crippen LogP contribution in [0, 0.1) is 11.8 Å². The fraction of sp³-hybridized carbons (Fsp3) is 0.371. The van der Waals surface area contributed by atoms with Gasteiger partial charge in [0.05, 0.1) is 0 Å². The summed E-state index contributed by atoms with van der Waals surface area (Å²) in [6.07, 6.45) is 2.80. The zero-order chi connectivity index (χ0) is 33.4. The van der Waals surface area contributed by atoms with Crippen LogP contribution in [-0.4, -0.2) is 56.7 Å². The molecular weight excluding hydrogens is 596 g/mol. The van der Waals surface area contributed by atoms with Crippen molar-refractivity contribution in [2.24, 2.45) is 11.8 Å². The van der Waals surface area contributed by atoms with Gasteiger partial charge in [0, 0.05) is 41.4 Å². The molecule has 0 radical (unpaired) electrons. The lowest BCUT2D eigenvalue weighted by Crippen LogP contribution is -2.48. The minimum atomic E-state index is -0.807. The molecule has 3 amide bonds. The van der Waals surface area contributed by atoms with Gasteiger partial charge in [-0.05, 0) is 99.0 Å². The summed E-state index contributed by atoms with van der Waals surface area (Å²) in [6, 6.07) is 21.8. The first kappa shape index (κ1) is 33.1. The number of para-hydroxylation sites is 1. The highest BCUT2D eigenvalue weighted by atomic mass is 16.6. The Balaban J connectivity index is 1.23. The number of H-pyrrole nitrogens is 1. The van der Waals surface area contributed by atoms with Crippen LogP contribution in [0.15, 0.2) is 72.8 Å². The molecular formula is C35H42N8O4. The number of amides is 3. The maximum Gasteiger partial charge on any atom is 0.407 e. The topological polar surface area (TPSA) is 177 Å². The van der Waals surface area contributed by atoms with Gasteiger partial charge in [-0.15, -0.1) is 10.2 Å². The maximum absolute atomic E-state index is 13.6. The van der Waals surface area contributed by atoms with Crippen molar-refractivity contribution in [1.82, 2.24) is 31.3 Å². The minimum Gasteiger partial charge on any atom is -0.444 e. The summed E-state index contributed by atoms with van der Waals surface area (Å²) in [4.78, 5) is 39.2. The van der Waals surface area contributed by atoms with Crippen molar-refractivity contribution in [1.29, 1.82) is 0 Å². The highest BCUT2D eigenvalue weighted by molar-refractivity contribution is 5.97. The number of nitrogen functional groups attached to an aromatic ring is 1. The molecule has 0 aliphatic heterocycles. The van der Waals surface area contributed by atoms with E-state index in [-0.39, 0.29) is 23.7 Å². The Morgan fingerprint density at radius 1 is 0.936 bits per heavy atom. The van der Waals surface area contributed by atoms with E-state index in [4.69, 9.17) is 10.5 Å². The second kappa shape index (κ2) is 14.9. The third-order valence-electron chi connectivity index (χ3n) is 8.21. The largest absolute Gasteiger partial charge is 0.444 e. The van der Waals surface area contributed by atoms with Gasteiger partial charge in [-0.1, -0.05) is 42.5 Å². The number of rotatable bonds is 10. The van der Waals surface area contributed by atoms with E-state index in [1.54, 1.807) is 24.3 Å². The first-order valence-corrected chi connectivity index (χ1v) is 15.9. The quantitative estimate of drug-likeness (QED) is 0.149. The number of nitrogens with two attached hydrogens (primary N) is 1. The van der Waals surface area contributed by atoms with Crippen LogP contribution in [0.4, 0.5) is 16.2 Å². The fourth-order valence-electron chi connectivity index (χ4n) is 5.70. The van der Waals surface area contributed by atoms with Gasteiger partial charge >= 0.3 is 6.09 Å². The number of nitrogens with zero attached hydrogens (tertiary/aromatic N) is 3. The Bertz CT molecular complexity index is 1640. The molecule has 0 unspecified atom stereocenters. The Morgan fingerprint density at radius 3 is 2.26 bits per heavy atom. The number of carbonyl (C=O) groups excluding carboxylic acids is 3. The van der Waals surface area contributed by atoms with E-state index in [0.29, 0.717) is 43.0 Å². The maximum atomic E-state index is 13.6. The first-order valence-electron chi connectivity index (χ1n) is 15.9. The molecule has 1 aliphatic carbocycles. The number of anilines is 2. The lowest BCUT2D eigenvalue weighted by Gasteiger charge is -2.29. The van der Waals surface area contributed by atoms with Gasteiger partial charge < -0.3 is 26.4 Å². The van der Waals surface area contributed by atoms with Gasteiger partial charge in [0.25, 0.3) is 0 Å². The van der Waals surface area contributed by atoms with E-state index < -0.39 is 17.7 Å². The smallest absolute Gasteiger partial charge is 0.407 e. The summed E-state index contributed by atoms with van der Waals surface area (Å²) in [5, 5.41) is 22.8. The summed E-state index contributed by atoms with van der Waals surface area (Å²) in [5.74, 6) is 0.0187. The number of hydrogen-bond donors (Lipinski definition) is 5. The molecule has 1 fully saturated rings. The SMILES string of the molecule is CC(C)(C)OC(=O)NC[C@H]1CC[C@H](C(=O)N[C@@H](Cc2ccc(-c3ccccc3N)cc2)C(=O)Nc2ccc(-c3nn[nH]n3)cc2)CC1. The zero-order valence-electron chi connectivity index (χ0n) is 27.0. The third kappa shape index (κ3) is 9.38. The van der Waals surface area contributed by atoms with Crippen LogP contribution in [0.3, 0.4) is 0 Å². The molecule has 12 heteroatoms. The number of aromatic nitrogens is 4. The van der Waals surface area contributed by atoms with E-state index in [0.717, 1.165) is 35.1 Å². The fourth-order valence-corrected chi connectivity index (χ4v) is 5.70. The lowest BCUT2D eigenvalue weighted by molar-refractivity contribution is -0.130. The molecule has 1 aromatic heterocycles. The molecule has 1 heterocycles. The number of aromatic amines is 1. The van der Waals surface area contributed by atoms with Crippen molar-refractivity contribution in [2.45, 2.75) is 64.5 Å². The van der Waals surface area contributed by atoms with E-state index in [1.807, 2.05) is 69.3 Å². The molecule has 0 spiro atoms. The van der Waals surface area contributed by atoms with Gasteiger partial charge in [0.15, 0.2) is 0 Å². The molecule has 47 heavy (non-hydrogen) atoms. The Morgan fingerprint density at radius 2 is 1.62 bits per heavy atom. The predicted octanol–water partition coefficient (Wildman–Crippen LogP) is 5.11. The van der Waals surface area contributed by atoms with Crippen molar-refractivity contribution in [2.75, 3.05) is 17.6 Å². The molecule has 3 aromatic carbocycles. The normalized spacial score (nSPS) is 16.9. The summed E-state index contributed by atoms with van der Waals surface area (Å²) in [6.45, 7) is 5.99. The van der Waals surface area contributed by atoms with Gasteiger partial charge in [-0.3, -0.25) is 9.59 Å². The van der Waals surface area contributed by atoms with E-state index in [1.165, 1.54) is 0 Å². The number of alkyl carbamates (subject to hydrolysis) is 1. The molecule has 12 nitrogen and oxygen atoms in total. The molecule has 4 aromatic rings. The second-order valence-corrected chi connectivity index (χ2v) is 13.0. The predicted molar refractivity (Wildman–Crippen MR) is 180 cm³/mol. The standard InChI is InChI=1S/C35H42N8O4/c1-35(2,3)47-34(46)37-21-23-10-14-26(15-11-23)32(44)39-30(20-22-8-12-24(13-9-22)28-6-4-5-7-29(28)36)33(45)38-27-18-16-25(17-19-27)31-40-42-43-41-31/h4-9,12-13,16-19,23,26,30H,10-11,14-15,20-21,36H2,1-3H3,(H,37,46)(H,38,45)(H,39,44)(H,40,41,42,43)/t23-,26-,30-/m0/s1. The average molecular weight is 639 g/mol. The lowest BCUT2D eigenvalue weighted by atomic mass is 9.81. The van der Waals surface area contributed by atoms with E-state index in [2.05, 4.69) is 36.6 Å². The van der Waals surface area contributed by atoms with Gasteiger partial charge in [-0.2, -0.15) is 5.21 Å². The van der Waals surface area contributed by atoms with E-state index in [9.17, 15) is 14.4 Å². The summed E-state index contributed by atoms with van der Waals surface area (Å²) >= 11 is 0. The van der Waals surface area contributed by atoms with Crippen LogP contribution in [0.2, 0.25) is 0 Å². The number of ether oxygens (including phenoxy) is 1. The second-order valence-electron chi connectivity index (χ2n) is 13.0. The molecule has 1 saturated carbocycles. The van der Waals surface area contributed by atoms with Crippen LogP contribution >= 0.6 is 0 Å². The molecule has 5 rings (SSSR count). The van der Waals surface area contributed by atoms with Crippen molar-refractivity contribution in [3.8, 4) is 22.5 Å². The van der Waals surface area contributed by atoms with Crippen molar-refractivity contribution < 1.29 is 19.1 Å². The van der Waals surface area contributed by atoms with E-state index >= 15 is 0 Å². The van der Waals surface area contributed by atoms with Crippen molar-refractivity contribution in [3.05, 3.63) is 78.4 Å². The Kier molecular flexibility index (Phi) is 10.5. The van der Waals surface area contributed by atoms with Crippen LogP contribution < -0.4 is 21.7 Å². The monoisotopic (exact) mass is 638 g/mol. The zero-order valence-corrected chi connectivity index (χ0v) is 27.0. The van der Waals surface area contributed by atoms with Crippen LogP contribution in [0.1, 0.15) is 52.0 Å². The molecule has 246 valence electrons. The molecule has 1 atom stereocenters. The molecule has 0 saturated heterocycles. The molecule has 1 aliphatic rings. The van der Waals surface area contributed by atoms with Crippen LogP contribution in [0.25, 0.3) is 22.5 Å². The molecule has 6 N–H and O–H groups in total. The highest BCUT2D eigenvalue weighted by Gasteiger charge is 2.30. The highest BCUT2D eigenvalue weighted by Crippen LogP contribution is 2.29. The summed E-state index contributed by atoms with van der Waals surface area (Å²) in [5.41, 5.74) is 10.4. The average Bonchev–Trinajstić information content (AvgIpc) is 3.59. The summed E-state index contributed by atoms with van der Waals surface area (Å²) < 4.78 is 5.34. The third-order valence-corrected chi connectivity index (χ3v) is 8.21.